The van der Waals surface area contributed by atoms with Gasteiger partial charge < -0.3 is 0 Å². The molecule has 0 spiro atoms. The molecular formula is C11H14NS+. The van der Waals surface area contributed by atoms with Crippen LogP contribution in [0.2, 0.25) is 0 Å². The molecular weight excluding hydrogens is 178 g/mol. The van der Waals surface area contributed by atoms with Gasteiger partial charge in [0.05, 0.1) is 0 Å². The van der Waals surface area contributed by atoms with E-state index in [1.807, 2.05) is 11.3 Å². The zero-order valence-electron chi connectivity index (χ0n) is 8.51. The first-order valence-corrected chi connectivity index (χ1v) is 5.28. The van der Waals surface area contributed by atoms with E-state index in [4.69, 9.17) is 0 Å². The van der Waals surface area contributed by atoms with Gasteiger partial charge in [-0.2, -0.15) is 4.57 Å². The highest BCUT2D eigenvalue weighted by Gasteiger charge is 2.15. The van der Waals surface area contributed by atoms with Crippen molar-refractivity contribution in [3.05, 3.63) is 28.3 Å². The molecule has 2 heteroatoms. The maximum absolute atomic E-state index is 2.28. The molecule has 0 fully saturated rings. The lowest BCUT2D eigenvalue weighted by atomic mass is 10.1. The van der Waals surface area contributed by atoms with Gasteiger partial charge in [0.15, 0.2) is 0 Å². The van der Waals surface area contributed by atoms with Crippen molar-refractivity contribution in [3.63, 3.8) is 0 Å². The molecule has 2 aromatic rings. The Morgan fingerprint density at radius 1 is 1.15 bits per heavy atom. The van der Waals surface area contributed by atoms with E-state index in [9.17, 15) is 0 Å². The summed E-state index contributed by atoms with van der Waals surface area (Å²) in [5, 5.41) is 1.36. The minimum atomic E-state index is 1.36. The maximum Gasteiger partial charge on any atom is 0.234 e. The second-order valence-electron chi connectivity index (χ2n) is 3.53. The molecule has 1 aromatic heterocycles. The van der Waals surface area contributed by atoms with Crippen molar-refractivity contribution < 1.29 is 4.57 Å². The fourth-order valence-electron chi connectivity index (χ4n) is 1.66. The Kier molecular flexibility index (Phi) is 1.88. The van der Waals surface area contributed by atoms with E-state index in [0.717, 1.165) is 0 Å². The molecule has 1 aromatic carbocycles. The predicted octanol–water partition coefficient (Wildman–Crippen LogP) is 2.65. The molecule has 0 N–H and O–H groups in total. The van der Waals surface area contributed by atoms with Gasteiger partial charge >= 0.3 is 0 Å². The number of aryl methyl sites for hydroxylation is 4. The van der Waals surface area contributed by atoms with Gasteiger partial charge in [0.25, 0.3) is 0 Å². The van der Waals surface area contributed by atoms with Crippen LogP contribution in [0.5, 0.6) is 0 Å². The van der Waals surface area contributed by atoms with Gasteiger partial charge in [-0.25, -0.2) is 0 Å². The van der Waals surface area contributed by atoms with Crippen LogP contribution in [0.15, 0.2) is 12.1 Å². The van der Waals surface area contributed by atoms with Crippen molar-refractivity contribution in [2.75, 3.05) is 0 Å². The van der Waals surface area contributed by atoms with Crippen molar-refractivity contribution in [2.24, 2.45) is 7.05 Å². The van der Waals surface area contributed by atoms with Crippen LogP contribution in [-0.2, 0) is 7.05 Å². The summed E-state index contributed by atoms with van der Waals surface area (Å²) in [6.45, 7) is 6.53. The molecule has 0 aliphatic carbocycles. The number of benzene rings is 1. The average Bonchev–Trinajstić information content (AvgIpc) is 2.37. The van der Waals surface area contributed by atoms with Crippen molar-refractivity contribution in [2.45, 2.75) is 20.8 Å². The lowest BCUT2D eigenvalue weighted by molar-refractivity contribution is -0.646. The van der Waals surface area contributed by atoms with Gasteiger partial charge in [-0.15, -0.1) is 0 Å². The molecule has 0 unspecified atom stereocenters. The number of thiazole rings is 1. The average molecular weight is 192 g/mol. The smallest absolute Gasteiger partial charge is 0.189 e. The first kappa shape index (κ1) is 8.70. The monoisotopic (exact) mass is 192 g/mol. The third kappa shape index (κ3) is 1.17. The normalized spacial score (nSPS) is 11.1. The van der Waals surface area contributed by atoms with E-state index in [1.165, 1.54) is 26.4 Å². The summed E-state index contributed by atoms with van der Waals surface area (Å²) in [4.78, 5) is 0. The fraction of sp³-hybridized carbons (Fsp3) is 0.364. The Balaban J connectivity index is 2.97. The van der Waals surface area contributed by atoms with Gasteiger partial charge in [0.2, 0.25) is 10.5 Å². The largest absolute Gasteiger partial charge is 0.234 e. The first-order valence-electron chi connectivity index (χ1n) is 4.46. The minimum Gasteiger partial charge on any atom is -0.189 e. The summed E-state index contributed by atoms with van der Waals surface area (Å²) in [6.07, 6.45) is 0. The Bertz CT molecular complexity index is 468. The fourth-order valence-corrected chi connectivity index (χ4v) is 2.73. The minimum absolute atomic E-state index is 1.36. The van der Waals surface area contributed by atoms with E-state index < -0.39 is 0 Å². The molecule has 0 radical (unpaired) electrons. The molecule has 1 nitrogen and oxygen atoms in total. The zero-order chi connectivity index (χ0) is 9.59. The molecule has 0 atom stereocenters. The van der Waals surface area contributed by atoms with Gasteiger partial charge in [-0.05, 0) is 25.5 Å². The summed E-state index contributed by atoms with van der Waals surface area (Å²) >= 11 is 1.86. The summed E-state index contributed by atoms with van der Waals surface area (Å²) in [7, 11) is 2.14. The topological polar surface area (TPSA) is 3.88 Å². The second kappa shape index (κ2) is 2.81. The maximum atomic E-state index is 2.28. The zero-order valence-corrected chi connectivity index (χ0v) is 9.33. The standard InChI is InChI=1S/C11H14NS/c1-7-5-6-10-11(8(7)2)12(4)9(3)13-10/h5-6H,1-4H3/q+1. The molecule has 0 aliphatic rings. The lowest BCUT2D eigenvalue weighted by Gasteiger charge is -1.96. The van der Waals surface area contributed by atoms with E-state index in [1.54, 1.807) is 0 Å². The van der Waals surface area contributed by atoms with Gasteiger partial charge in [0.1, 0.15) is 11.7 Å². The number of rotatable bonds is 0. The molecule has 13 heavy (non-hydrogen) atoms. The molecule has 0 saturated heterocycles. The van der Waals surface area contributed by atoms with Crippen LogP contribution in [0.3, 0.4) is 0 Å². The second-order valence-corrected chi connectivity index (χ2v) is 4.77. The number of hydrogen-bond donors (Lipinski definition) is 0. The van der Waals surface area contributed by atoms with Gasteiger partial charge in [-0.1, -0.05) is 17.4 Å². The molecule has 0 aliphatic heterocycles. The SMILES string of the molecule is Cc1ccc2sc(C)[n+](C)c2c1C. The molecule has 1 heterocycles. The summed E-state index contributed by atoms with van der Waals surface area (Å²) in [5.41, 5.74) is 4.17. The Labute approximate surface area is 82.6 Å². The summed E-state index contributed by atoms with van der Waals surface area (Å²) in [5.74, 6) is 0. The number of aromatic nitrogens is 1. The van der Waals surface area contributed by atoms with Gasteiger partial charge in [-0.3, -0.25) is 0 Å². The highest BCUT2D eigenvalue weighted by atomic mass is 32.1. The van der Waals surface area contributed by atoms with Crippen LogP contribution in [0, 0.1) is 20.8 Å². The third-order valence-corrected chi connectivity index (χ3v) is 3.85. The number of nitrogens with zero attached hydrogens (tertiary/aromatic N) is 1. The quantitative estimate of drug-likeness (QED) is 0.565. The van der Waals surface area contributed by atoms with E-state index in [-0.39, 0.29) is 0 Å². The number of hydrogen-bond acceptors (Lipinski definition) is 1. The van der Waals surface area contributed by atoms with E-state index >= 15 is 0 Å². The van der Waals surface area contributed by atoms with E-state index in [0.29, 0.717) is 0 Å². The summed E-state index contributed by atoms with van der Waals surface area (Å²) in [6, 6.07) is 4.42. The van der Waals surface area contributed by atoms with Crippen LogP contribution in [-0.4, -0.2) is 0 Å². The summed E-state index contributed by atoms with van der Waals surface area (Å²) < 4.78 is 3.67. The number of fused-ring (bicyclic) bond motifs is 1. The van der Waals surface area contributed by atoms with E-state index in [2.05, 4.69) is 44.5 Å². The highest BCUT2D eigenvalue weighted by molar-refractivity contribution is 7.18. The van der Waals surface area contributed by atoms with Crippen LogP contribution >= 0.6 is 11.3 Å². The van der Waals surface area contributed by atoms with Crippen LogP contribution in [0.4, 0.5) is 0 Å². The molecule has 0 amide bonds. The Morgan fingerprint density at radius 3 is 2.54 bits per heavy atom. The van der Waals surface area contributed by atoms with Crippen molar-refractivity contribution in [1.82, 2.24) is 0 Å². The Morgan fingerprint density at radius 2 is 1.85 bits per heavy atom. The molecule has 2 rings (SSSR count). The molecule has 0 bridgehead atoms. The predicted molar refractivity (Wildman–Crippen MR) is 57.2 cm³/mol. The van der Waals surface area contributed by atoms with Crippen molar-refractivity contribution >= 4 is 21.6 Å². The van der Waals surface area contributed by atoms with Crippen LogP contribution in [0.25, 0.3) is 10.2 Å². The lowest BCUT2D eigenvalue weighted by Crippen LogP contribution is -2.29. The highest BCUT2D eigenvalue weighted by Crippen LogP contribution is 2.24. The van der Waals surface area contributed by atoms with Crippen molar-refractivity contribution in [1.29, 1.82) is 0 Å². The Hall–Kier alpha value is -0.890. The first-order chi connectivity index (χ1) is 6.11. The third-order valence-electron chi connectivity index (χ3n) is 2.73. The van der Waals surface area contributed by atoms with Gasteiger partial charge in [0, 0.05) is 12.5 Å². The van der Waals surface area contributed by atoms with Crippen molar-refractivity contribution in [3.8, 4) is 0 Å². The molecule has 0 saturated carbocycles. The van der Waals surface area contributed by atoms with Crippen LogP contribution < -0.4 is 4.57 Å². The molecule has 68 valence electrons. The van der Waals surface area contributed by atoms with Crippen LogP contribution in [0.1, 0.15) is 16.1 Å².